The molecule has 2 aromatic heterocycles. The maximum atomic E-state index is 11.5. The van der Waals surface area contributed by atoms with Crippen LogP contribution in [0.25, 0.3) is 22.4 Å². The highest BCUT2D eigenvalue weighted by Gasteiger charge is 2.19. The third kappa shape index (κ3) is 2.65. The highest BCUT2D eigenvalue weighted by atomic mass is 16.1. The smallest absolute Gasteiger partial charge is 0.156 e. The van der Waals surface area contributed by atoms with Gasteiger partial charge in [-0.15, -0.1) is 0 Å². The highest BCUT2D eigenvalue weighted by molar-refractivity contribution is 6.01. The molecule has 0 unspecified atom stereocenters. The van der Waals surface area contributed by atoms with Crippen LogP contribution in [-0.4, -0.2) is 20.5 Å². The van der Waals surface area contributed by atoms with Crippen molar-refractivity contribution in [2.24, 2.45) is 7.05 Å². The zero-order valence-electron chi connectivity index (χ0n) is 13.2. The van der Waals surface area contributed by atoms with E-state index in [1.165, 1.54) is 17.6 Å². The lowest BCUT2D eigenvalue weighted by molar-refractivity contribution is -0.114. The molecule has 4 rings (SSSR count). The minimum Gasteiger partial charge on any atom is -0.295 e. The normalized spacial score (nSPS) is 17.5. The third-order valence-electron chi connectivity index (χ3n) is 4.59. The van der Waals surface area contributed by atoms with Gasteiger partial charge in [-0.2, -0.15) is 5.10 Å². The highest BCUT2D eigenvalue weighted by Crippen LogP contribution is 2.36. The number of pyridine rings is 1. The summed E-state index contributed by atoms with van der Waals surface area (Å²) in [7, 11) is 1.93. The van der Waals surface area contributed by atoms with Crippen molar-refractivity contribution >= 4 is 16.9 Å². The van der Waals surface area contributed by atoms with Crippen molar-refractivity contribution in [2.45, 2.75) is 32.1 Å². The lowest BCUT2D eigenvalue weighted by Gasteiger charge is -2.11. The minimum absolute atomic E-state index is 0.198. The van der Waals surface area contributed by atoms with Crippen LogP contribution >= 0.6 is 0 Å². The molecule has 2 heterocycles. The van der Waals surface area contributed by atoms with Crippen LogP contribution in [0.2, 0.25) is 0 Å². The van der Waals surface area contributed by atoms with E-state index in [-0.39, 0.29) is 5.78 Å². The molecule has 0 saturated heterocycles. The lowest BCUT2D eigenvalue weighted by Crippen LogP contribution is -1.96. The zero-order valence-corrected chi connectivity index (χ0v) is 13.2. The van der Waals surface area contributed by atoms with Gasteiger partial charge in [-0.25, -0.2) is 0 Å². The molecule has 0 saturated carbocycles. The number of carbonyl (C=O) groups excluding carboxylic acids is 1. The summed E-state index contributed by atoms with van der Waals surface area (Å²) in [5.41, 5.74) is 6.56. The van der Waals surface area contributed by atoms with Gasteiger partial charge < -0.3 is 0 Å². The molecule has 0 aromatic carbocycles. The van der Waals surface area contributed by atoms with Crippen LogP contribution < -0.4 is 0 Å². The third-order valence-corrected chi connectivity index (χ3v) is 4.59. The van der Waals surface area contributed by atoms with Gasteiger partial charge in [0.2, 0.25) is 0 Å². The molecule has 23 heavy (non-hydrogen) atoms. The SMILES string of the molecule is Cn1ccc(-c2cc(C3=CC(=O)CC3)ncc2C2=CCCC2)n1. The molecule has 4 heteroatoms. The number of rotatable bonds is 3. The van der Waals surface area contributed by atoms with Crippen LogP contribution in [0, 0.1) is 0 Å². The lowest BCUT2D eigenvalue weighted by atomic mass is 9.97. The molecule has 2 aliphatic rings. The summed E-state index contributed by atoms with van der Waals surface area (Å²) in [6.45, 7) is 0. The Balaban J connectivity index is 1.84. The molecule has 0 bridgehead atoms. The standard InChI is InChI=1S/C19H19N3O/c1-22-9-8-18(21-22)16-11-19(14-6-7-15(23)10-14)20-12-17(16)13-4-2-3-5-13/h4,8-12H,2-3,5-7H2,1H3. The first-order chi connectivity index (χ1) is 11.2. The number of hydrogen-bond donors (Lipinski definition) is 0. The van der Waals surface area contributed by atoms with Gasteiger partial charge in [-0.1, -0.05) is 6.08 Å². The van der Waals surface area contributed by atoms with Crippen molar-refractivity contribution in [3.63, 3.8) is 0 Å². The number of aromatic nitrogens is 3. The Labute approximate surface area is 135 Å². The monoisotopic (exact) mass is 305 g/mol. The van der Waals surface area contributed by atoms with Crippen molar-refractivity contribution in [3.05, 3.63) is 47.9 Å². The summed E-state index contributed by atoms with van der Waals surface area (Å²) in [5, 5.41) is 4.57. The quantitative estimate of drug-likeness (QED) is 0.866. The number of hydrogen-bond acceptors (Lipinski definition) is 3. The van der Waals surface area contributed by atoms with Gasteiger partial charge in [0.05, 0.1) is 11.4 Å². The fourth-order valence-corrected chi connectivity index (χ4v) is 3.37. The van der Waals surface area contributed by atoms with E-state index >= 15 is 0 Å². The summed E-state index contributed by atoms with van der Waals surface area (Å²) >= 11 is 0. The minimum atomic E-state index is 0.198. The van der Waals surface area contributed by atoms with Crippen molar-refractivity contribution in [3.8, 4) is 11.3 Å². The van der Waals surface area contributed by atoms with Crippen molar-refractivity contribution < 1.29 is 4.79 Å². The van der Waals surface area contributed by atoms with E-state index in [0.29, 0.717) is 6.42 Å². The van der Waals surface area contributed by atoms with Gasteiger partial charge in [0.1, 0.15) is 0 Å². The van der Waals surface area contributed by atoms with Gasteiger partial charge in [0, 0.05) is 37.0 Å². The molecule has 4 nitrogen and oxygen atoms in total. The Bertz CT molecular complexity index is 842. The van der Waals surface area contributed by atoms with E-state index in [2.05, 4.69) is 22.2 Å². The second kappa shape index (κ2) is 5.61. The van der Waals surface area contributed by atoms with E-state index in [0.717, 1.165) is 41.8 Å². The first-order valence-corrected chi connectivity index (χ1v) is 8.14. The Kier molecular flexibility index (Phi) is 3.45. The molecule has 0 atom stereocenters. The van der Waals surface area contributed by atoms with Crippen LogP contribution in [-0.2, 0) is 11.8 Å². The van der Waals surface area contributed by atoms with E-state index in [1.807, 2.05) is 30.2 Å². The summed E-state index contributed by atoms with van der Waals surface area (Å²) in [6, 6.07) is 4.13. The predicted molar refractivity (Wildman–Crippen MR) is 90.5 cm³/mol. The molecule has 0 N–H and O–H groups in total. The van der Waals surface area contributed by atoms with E-state index < -0.39 is 0 Å². The molecule has 2 aromatic rings. The maximum Gasteiger partial charge on any atom is 0.156 e. The Hall–Kier alpha value is -2.49. The second-order valence-corrected chi connectivity index (χ2v) is 6.25. The predicted octanol–water partition coefficient (Wildman–Crippen LogP) is 3.80. The first kappa shape index (κ1) is 14.1. The average molecular weight is 305 g/mol. The number of ketones is 1. The largest absolute Gasteiger partial charge is 0.295 e. The van der Waals surface area contributed by atoms with E-state index in [4.69, 9.17) is 0 Å². The van der Waals surface area contributed by atoms with Crippen LogP contribution in [0.1, 0.15) is 43.4 Å². The molecule has 116 valence electrons. The molecule has 0 fully saturated rings. The molecular formula is C19H19N3O. The molecule has 0 radical (unpaired) electrons. The number of nitrogens with zero attached hydrogens (tertiary/aromatic N) is 3. The van der Waals surface area contributed by atoms with E-state index in [9.17, 15) is 4.79 Å². The Morgan fingerprint density at radius 2 is 2.00 bits per heavy atom. The summed E-state index contributed by atoms with van der Waals surface area (Å²) in [4.78, 5) is 16.2. The van der Waals surface area contributed by atoms with Crippen LogP contribution in [0.15, 0.2) is 36.7 Å². The van der Waals surface area contributed by atoms with E-state index in [1.54, 1.807) is 6.08 Å². The average Bonchev–Trinajstić information content (AvgIpc) is 3.28. The zero-order chi connectivity index (χ0) is 15.8. The first-order valence-electron chi connectivity index (χ1n) is 8.14. The summed E-state index contributed by atoms with van der Waals surface area (Å²) < 4.78 is 1.82. The molecule has 2 aliphatic carbocycles. The van der Waals surface area contributed by atoms with Gasteiger partial charge in [0.25, 0.3) is 0 Å². The summed E-state index contributed by atoms with van der Waals surface area (Å²) in [5.74, 6) is 0.198. The topological polar surface area (TPSA) is 47.8 Å². The van der Waals surface area contributed by atoms with Crippen molar-refractivity contribution in [1.82, 2.24) is 14.8 Å². The molecular weight excluding hydrogens is 286 g/mol. The fourth-order valence-electron chi connectivity index (χ4n) is 3.37. The number of allylic oxidation sites excluding steroid dienone is 4. The molecule has 0 spiro atoms. The number of aryl methyl sites for hydroxylation is 1. The van der Waals surface area contributed by atoms with Crippen LogP contribution in [0.5, 0.6) is 0 Å². The fraction of sp³-hybridized carbons (Fsp3) is 0.316. The number of carbonyl (C=O) groups is 1. The molecule has 0 aliphatic heterocycles. The van der Waals surface area contributed by atoms with Crippen molar-refractivity contribution in [2.75, 3.05) is 0 Å². The van der Waals surface area contributed by atoms with Gasteiger partial charge in [-0.05, 0) is 55.0 Å². The van der Waals surface area contributed by atoms with Crippen LogP contribution in [0.3, 0.4) is 0 Å². The van der Waals surface area contributed by atoms with Crippen molar-refractivity contribution in [1.29, 1.82) is 0 Å². The van der Waals surface area contributed by atoms with Gasteiger partial charge in [0.15, 0.2) is 5.78 Å². The summed E-state index contributed by atoms with van der Waals surface area (Å²) in [6.07, 6.45) is 12.8. The molecule has 0 amide bonds. The second-order valence-electron chi connectivity index (χ2n) is 6.25. The van der Waals surface area contributed by atoms with Gasteiger partial charge >= 0.3 is 0 Å². The Morgan fingerprint density at radius 3 is 2.65 bits per heavy atom. The maximum absolute atomic E-state index is 11.5. The Morgan fingerprint density at radius 1 is 1.09 bits per heavy atom. The van der Waals surface area contributed by atoms with Crippen LogP contribution in [0.4, 0.5) is 0 Å². The van der Waals surface area contributed by atoms with Gasteiger partial charge in [-0.3, -0.25) is 14.5 Å².